The summed E-state index contributed by atoms with van der Waals surface area (Å²) in [6.45, 7) is 1.11. The fourth-order valence-electron chi connectivity index (χ4n) is 4.49. The average molecular weight is 560 g/mol. The van der Waals surface area contributed by atoms with Gasteiger partial charge in [-0.25, -0.2) is 4.98 Å². The Bertz CT molecular complexity index is 1320. The summed E-state index contributed by atoms with van der Waals surface area (Å²) in [7, 11) is 1.29. The Morgan fingerprint density at radius 2 is 1.74 bits per heavy atom. The molecule has 1 aliphatic heterocycles. The zero-order valence-corrected chi connectivity index (χ0v) is 22.1. The molecule has 1 aromatic heterocycles. The van der Waals surface area contributed by atoms with Crippen LogP contribution >= 0.6 is 11.3 Å². The van der Waals surface area contributed by atoms with Crippen molar-refractivity contribution in [1.29, 1.82) is 0 Å². The van der Waals surface area contributed by atoms with Gasteiger partial charge in [-0.3, -0.25) is 14.4 Å². The van der Waals surface area contributed by atoms with Gasteiger partial charge < -0.3 is 15.0 Å². The number of nitrogens with zero attached hydrogens (tertiary/aromatic N) is 2. The number of rotatable bonds is 8. The van der Waals surface area contributed by atoms with Crippen LogP contribution in [0.1, 0.15) is 52.7 Å². The van der Waals surface area contributed by atoms with Crippen molar-refractivity contribution in [1.82, 2.24) is 9.88 Å². The van der Waals surface area contributed by atoms with Crippen molar-refractivity contribution in [3.8, 4) is 11.1 Å². The van der Waals surface area contributed by atoms with Crippen LogP contribution in [-0.4, -0.2) is 54.0 Å². The van der Waals surface area contributed by atoms with Gasteiger partial charge in [0.1, 0.15) is 5.69 Å². The second-order valence-corrected chi connectivity index (χ2v) is 10.2. The van der Waals surface area contributed by atoms with Gasteiger partial charge in [-0.05, 0) is 30.0 Å². The molecule has 2 aromatic carbocycles. The van der Waals surface area contributed by atoms with Crippen LogP contribution in [-0.2, 0) is 20.7 Å². The van der Waals surface area contributed by atoms with E-state index in [9.17, 15) is 27.6 Å². The molecule has 2 heterocycles. The van der Waals surface area contributed by atoms with Gasteiger partial charge in [-0.15, -0.1) is 11.3 Å². The number of carbonyl (C=O) groups excluding carboxylic acids is 3. The molecule has 0 saturated carbocycles. The van der Waals surface area contributed by atoms with Crippen molar-refractivity contribution in [2.24, 2.45) is 0 Å². The third-order valence-electron chi connectivity index (χ3n) is 6.57. The minimum Gasteiger partial charge on any atom is -0.469 e. The van der Waals surface area contributed by atoms with Crippen LogP contribution in [0.5, 0.6) is 0 Å². The number of carbonyl (C=O) groups is 3. The predicted octanol–water partition coefficient (Wildman–Crippen LogP) is 5.83. The minimum atomic E-state index is -4.28. The molecule has 3 aromatic rings. The van der Waals surface area contributed by atoms with Gasteiger partial charge in [-0.2, -0.15) is 13.2 Å². The molecule has 0 unspecified atom stereocenters. The van der Waals surface area contributed by atoms with E-state index in [1.807, 2.05) is 0 Å². The molecule has 206 valence electrons. The number of benzene rings is 2. The fraction of sp³-hybridized carbons (Fsp3) is 0.357. The molecule has 0 spiro atoms. The van der Waals surface area contributed by atoms with Crippen molar-refractivity contribution < 1.29 is 32.3 Å². The molecule has 39 heavy (non-hydrogen) atoms. The lowest BCUT2D eigenvalue weighted by Gasteiger charge is -2.31. The van der Waals surface area contributed by atoms with Crippen LogP contribution in [0.4, 0.5) is 18.9 Å². The quantitative estimate of drug-likeness (QED) is 0.351. The molecule has 11 heteroatoms. The third-order valence-corrected chi connectivity index (χ3v) is 7.57. The lowest BCUT2D eigenvalue weighted by Crippen LogP contribution is -2.38. The maximum Gasteiger partial charge on any atom is 0.393 e. The van der Waals surface area contributed by atoms with Crippen molar-refractivity contribution >= 4 is 34.8 Å². The lowest BCUT2D eigenvalue weighted by atomic mass is 9.97. The van der Waals surface area contributed by atoms with Crippen LogP contribution < -0.4 is 5.32 Å². The highest BCUT2D eigenvalue weighted by Crippen LogP contribution is 2.32. The van der Waals surface area contributed by atoms with E-state index in [2.05, 4.69) is 15.0 Å². The highest BCUT2D eigenvalue weighted by Gasteiger charge is 2.28. The lowest BCUT2D eigenvalue weighted by molar-refractivity contribution is -0.143. The van der Waals surface area contributed by atoms with Crippen molar-refractivity contribution in [2.45, 2.75) is 44.2 Å². The number of methoxy groups -OCH3 is 1. The summed E-state index contributed by atoms with van der Waals surface area (Å²) in [5, 5.41) is 5.41. The summed E-state index contributed by atoms with van der Waals surface area (Å²) in [6, 6.07) is 13.2. The number of aromatic nitrogens is 1. The number of halogens is 3. The van der Waals surface area contributed by atoms with Gasteiger partial charge in [0.05, 0.1) is 25.0 Å². The first-order chi connectivity index (χ1) is 18.6. The number of esters is 1. The Morgan fingerprint density at radius 3 is 2.41 bits per heavy atom. The van der Waals surface area contributed by atoms with Crippen LogP contribution in [0, 0.1) is 0 Å². The maximum atomic E-state index is 13.0. The number of ether oxygens (including phenoxy) is 1. The Labute approximate surface area is 228 Å². The van der Waals surface area contributed by atoms with Crippen LogP contribution in [0.2, 0.25) is 0 Å². The van der Waals surface area contributed by atoms with Gasteiger partial charge in [-0.1, -0.05) is 42.5 Å². The van der Waals surface area contributed by atoms with Gasteiger partial charge in [0.25, 0.3) is 5.91 Å². The summed E-state index contributed by atoms with van der Waals surface area (Å²) in [6.07, 6.45) is -3.66. The second kappa shape index (κ2) is 12.4. The molecule has 1 saturated heterocycles. The molecular formula is C28H28F3N3O4S. The summed E-state index contributed by atoms with van der Waals surface area (Å²) in [5.41, 5.74) is 2.34. The largest absolute Gasteiger partial charge is 0.469 e. The van der Waals surface area contributed by atoms with Crippen molar-refractivity contribution in [2.75, 3.05) is 25.5 Å². The number of amides is 2. The molecular weight excluding hydrogens is 531 g/mol. The number of piperidine rings is 1. The van der Waals surface area contributed by atoms with Gasteiger partial charge >= 0.3 is 12.1 Å². The van der Waals surface area contributed by atoms with Crippen LogP contribution in [0.25, 0.3) is 11.1 Å². The van der Waals surface area contributed by atoms with E-state index in [1.165, 1.54) is 30.6 Å². The van der Waals surface area contributed by atoms with Gasteiger partial charge in [0.15, 0.2) is 0 Å². The molecule has 1 aliphatic rings. The molecule has 1 fully saturated rings. The summed E-state index contributed by atoms with van der Waals surface area (Å²) < 4.78 is 42.6. The molecule has 7 nitrogen and oxygen atoms in total. The van der Waals surface area contributed by atoms with E-state index in [0.29, 0.717) is 42.7 Å². The molecule has 0 bridgehead atoms. The smallest absolute Gasteiger partial charge is 0.393 e. The number of nitrogens with one attached hydrogen (secondary N) is 1. The standard InChI is InChI=1S/C28H28F3N3O4S/c1-38-25(36)11-10-24(35)34-14-12-20(13-15-34)27-33-23(17-39-27)26(37)32-22-5-3-2-4-21(22)19-8-6-18(7-9-19)16-28(29,30)31/h2-9,17,20H,10-16H2,1H3,(H,32,37). The zero-order chi connectivity index (χ0) is 28.0. The Balaban J connectivity index is 1.36. The third kappa shape index (κ3) is 7.66. The number of likely N-dealkylation sites (tertiary alicyclic amines) is 1. The fourth-order valence-corrected chi connectivity index (χ4v) is 5.46. The van der Waals surface area contributed by atoms with E-state index in [4.69, 9.17) is 0 Å². The number of para-hydroxylation sites is 1. The number of thiazole rings is 1. The number of hydrogen-bond acceptors (Lipinski definition) is 6. The number of anilines is 1. The van der Waals surface area contributed by atoms with Crippen LogP contribution in [0.15, 0.2) is 53.9 Å². The minimum absolute atomic E-state index is 0.0622. The summed E-state index contributed by atoms with van der Waals surface area (Å²) in [4.78, 5) is 42.9. The molecule has 0 atom stereocenters. The zero-order valence-electron chi connectivity index (χ0n) is 21.3. The number of alkyl halides is 3. The van der Waals surface area contributed by atoms with Crippen molar-refractivity contribution in [3.63, 3.8) is 0 Å². The summed E-state index contributed by atoms with van der Waals surface area (Å²) >= 11 is 1.40. The normalized spacial score (nSPS) is 14.2. The Kier molecular flexibility index (Phi) is 9.01. The van der Waals surface area contributed by atoms with Gasteiger partial charge in [0.2, 0.25) is 5.91 Å². The Hall–Kier alpha value is -3.73. The highest BCUT2D eigenvalue weighted by atomic mass is 32.1. The number of hydrogen-bond donors (Lipinski definition) is 1. The monoisotopic (exact) mass is 559 g/mol. The maximum absolute atomic E-state index is 13.0. The van der Waals surface area contributed by atoms with E-state index in [0.717, 1.165) is 5.01 Å². The van der Waals surface area contributed by atoms with Crippen LogP contribution in [0.3, 0.4) is 0 Å². The highest BCUT2D eigenvalue weighted by molar-refractivity contribution is 7.10. The first-order valence-corrected chi connectivity index (χ1v) is 13.4. The molecule has 0 radical (unpaired) electrons. The van der Waals surface area contributed by atoms with Crippen molar-refractivity contribution in [3.05, 3.63) is 70.2 Å². The molecule has 0 aliphatic carbocycles. The predicted molar refractivity (Wildman–Crippen MR) is 142 cm³/mol. The molecule has 1 N–H and O–H groups in total. The first kappa shape index (κ1) is 28.3. The molecule has 4 rings (SSSR count). The van der Waals surface area contributed by atoms with Gasteiger partial charge in [0, 0.05) is 42.1 Å². The van der Waals surface area contributed by atoms with E-state index >= 15 is 0 Å². The SMILES string of the molecule is COC(=O)CCC(=O)N1CCC(c2nc(C(=O)Nc3ccccc3-c3ccc(CC(F)(F)F)cc3)cs2)CC1. The van der Waals surface area contributed by atoms with E-state index in [-0.39, 0.29) is 41.8 Å². The topological polar surface area (TPSA) is 88.6 Å². The average Bonchev–Trinajstić information content (AvgIpc) is 3.42. The first-order valence-electron chi connectivity index (χ1n) is 12.5. The molecule has 2 amide bonds. The van der Waals surface area contributed by atoms with E-state index in [1.54, 1.807) is 46.7 Å². The summed E-state index contributed by atoms with van der Waals surface area (Å²) in [5.74, 6) is -0.738. The Morgan fingerprint density at radius 1 is 1.05 bits per heavy atom. The van der Waals surface area contributed by atoms with E-state index < -0.39 is 18.6 Å². The second-order valence-electron chi connectivity index (χ2n) is 9.29.